The van der Waals surface area contributed by atoms with Gasteiger partial charge in [-0.3, -0.25) is 4.79 Å². The van der Waals surface area contributed by atoms with Crippen molar-refractivity contribution in [2.75, 3.05) is 19.7 Å². The summed E-state index contributed by atoms with van der Waals surface area (Å²) >= 11 is 0. The molecular formula is C23H24FN3O3. The molecule has 0 spiro atoms. The van der Waals surface area contributed by atoms with Crippen LogP contribution in [0.3, 0.4) is 0 Å². The lowest BCUT2D eigenvalue weighted by Crippen LogP contribution is -2.42. The smallest absolute Gasteiger partial charge is 0.254 e. The first-order valence-electron chi connectivity index (χ1n) is 10.1. The number of aromatic nitrogens is 2. The van der Waals surface area contributed by atoms with Gasteiger partial charge >= 0.3 is 0 Å². The molecule has 1 aromatic carbocycles. The molecule has 0 bridgehead atoms. The second-order valence-electron chi connectivity index (χ2n) is 7.44. The molecule has 1 aliphatic heterocycles. The van der Waals surface area contributed by atoms with E-state index in [-0.39, 0.29) is 17.8 Å². The van der Waals surface area contributed by atoms with Crippen molar-refractivity contribution >= 4 is 5.91 Å². The number of amides is 1. The number of nitrogens with zero attached hydrogens (tertiary/aromatic N) is 3. The van der Waals surface area contributed by atoms with Gasteiger partial charge in [-0.1, -0.05) is 24.2 Å². The monoisotopic (exact) mass is 409 g/mol. The standard InChI is InChI=1S/C23H24FN3O3/c1-4-20-22(15(3)26-30-20)19-7-5-6-18(25-19)21-13-27(10-11-29-21)23(28)16-9-8-14(2)17(24)12-16/h5-9,12,21H,4,10-11,13H2,1-3H3/t21-/m1/s1. The van der Waals surface area contributed by atoms with Gasteiger partial charge < -0.3 is 14.2 Å². The number of carbonyl (C=O) groups is 1. The van der Waals surface area contributed by atoms with Crippen LogP contribution in [0.2, 0.25) is 0 Å². The molecule has 3 heterocycles. The van der Waals surface area contributed by atoms with E-state index in [0.717, 1.165) is 34.8 Å². The van der Waals surface area contributed by atoms with Gasteiger partial charge in [0.2, 0.25) is 0 Å². The normalized spacial score (nSPS) is 16.7. The maximum absolute atomic E-state index is 13.9. The average Bonchev–Trinajstić information content (AvgIpc) is 3.16. The highest BCUT2D eigenvalue weighted by Crippen LogP contribution is 2.29. The molecule has 1 amide bonds. The first-order chi connectivity index (χ1) is 14.5. The number of benzene rings is 1. The summed E-state index contributed by atoms with van der Waals surface area (Å²) in [6.07, 6.45) is 0.361. The van der Waals surface area contributed by atoms with Gasteiger partial charge in [-0.25, -0.2) is 9.37 Å². The first kappa shape index (κ1) is 20.2. The Morgan fingerprint density at radius 3 is 2.87 bits per heavy atom. The summed E-state index contributed by atoms with van der Waals surface area (Å²) in [5.41, 5.74) is 4.06. The van der Waals surface area contributed by atoms with Gasteiger partial charge in [0, 0.05) is 18.5 Å². The first-order valence-corrected chi connectivity index (χ1v) is 10.1. The summed E-state index contributed by atoms with van der Waals surface area (Å²) in [6, 6.07) is 10.3. The SMILES string of the molecule is CCc1onc(C)c1-c1cccc([C@H]2CN(C(=O)c3ccc(C)c(F)c3)CCO2)n1. The average molecular weight is 409 g/mol. The van der Waals surface area contributed by atoms with E-state index in [0.29, 0.717) is 30.8 Å². The van der Waals surface area contributed by atoms with E-state index in [2.05, 4.69) is 5.16 Å². The maximum atomic E-state index is 13.9. The lowest BCUT2D eigenvalue weighted by molar-refractivity contribution is -0.0246. The van der Waals surface area contributed by atoms with E-state index in [1.54, 1.807) is 24.0 Å². The Morgan fingerprint density at radius 1 is 1.27 bits per heavy atom. The van der Waals surface area contributed by atoms with E-state index >= 15 is 0 Å². The van der Waals surface area contributed by atoms with Gasteiger partial charge in [0.25, 0.3) is 5.91 Å². The number of pyridine rings is 1. The van der Waals surface area contributed by atoms with E-state index in [4.69, 9.17) is 14.2 Å². The molecule has 0 aliphatic carbocycles. The Kier molecular flexibility index (Phi) is 5.63. The fourth-order valence-corrected chi connectivity index (χ4v) is 3.68. The minimum Gasteiger partial charge on any atom is -0.368 e. The lowest BCUT2D eigenvalue weighted by Gasteiger charge is -2.33. The van der Waals surface area contributed by atoms with Crippen LogP contribution in [0.1, 0.15) is 46.1 Å². The molecule has 0 saturated carbocycles. The zero-order valence-corrected chi connectivity index (χ0v) is 17.3. The quantitative estimate of drug-likeness (QED) is 0.644. The van der Waals surface area contributed by atoms with Crippen molar-refractivity contribution in [3.8, 4) is 11.3 Å². The van der Waals surface area contributed by atoms with Gasteiger partial charge in [-0.2, -0.15) is 0 Å². The fraction of sp³-hybridized carbons (Fsp3) is 0.348. The minimum absolute atomic E-state index is 0.207. The second-order valence-corrected chi connectivity index (χ2v) is 7.44. The summed E-state index contributed by atoms with van der Waals surface area (Å²) < 4.78 is 25.2. The van der Waals surface area contributed by atoms with Gasteiger partial charge in [-0.15, -0.1) is 0 Å². The Labute approximate surface area is 174 Å². The van der Waals surface area contributed by atoms with E-state index in [1.807, 2.05) is 32.0 Å². The van der Waals surface area contributed by atoms with Crippen LogP contribution in [0.25, 0.3) is 11.3 Å². The molecule has 2 aromatic heterocycles. The van der Waals surface area contributed by atoms with Crippen LogP contribution in [-0.2, 0) is 11.2 Å². The van der Waals surface area contributed by atoms with Gasteiger partial charge in [0.15, 0.2) is 0 Å². The van der Waals surface area contributed by atoms with Crippen molar-refractivity contribution in [3.63, 3.8) is 0 Å². The van der Waals surface area contributed by atoms with Gasteiger partial charge in [-0.05, 0) is 43.7 Å². The molecular weight excluding hydrogens is 385 g/mol. The van der Waals surface area contributed by atoms with Gasteiger partial charge in [0.1, 0.15) is 17.7 Å². The summed E-state index contributed by atoms with van der Waals surface area (Å²) in [4.78, 5) is 19.4. The molecule has 1 aliphatic rings. The van der Waals surface area contributed by atoms with Crippen molar-refractivity contribution in [2.45, 2.75) is 33.3 Å². The molecule has 0 unspecified atom stereocenters. The Bertz CT molecular complexity index is 1080. The van der Waals surface area contributed by atoms with E-state index < -0.39 is 0 Å². The van der Waals surface area contributed by atoms with Crippen LogP contribution in [0.4, 0.5) is 4.39 Å². The van der Waals surface area contributed by atoms with Gasteiger partial charge in [0.05, 0.1) is 35.8 Å². The highest BCUT2D eigenvalue weighted by atomic mass is 19.1. The maximum Gasteiger partial charge on any atom is 0.254 e. The number of aryl methyl sites for hydroxylation is 3. The largest absolute Gasteiger partial charge is 0.368 e. The summed E-state index contributed by atoms with van der Waals surface area (Å²) in [7, 11) is 0. The number of halogens is 1. The molecule has 30 heavy (non-hydrogen) atoms. The van der Waals surface area contributed by atoms with Crippen molar-refractivity contribution < 1.29 is 18.4 Å². The molecule has 1 fully saturated rings. The van der Waals surface area contributed by atoms with Crippen molar-refractivity contribution in [3.05, 3.63) is 70.5 Å². The van der Waals surface area contributed by atoms with Crippen LogP contribution in [0.15, 0.2) is 40.9 Å². The van der Waals surface area contributed by atoms with Crippen LogP contribution in [0.5, 0.6) is 0 Å². The zero-order chi connectivity index (χ0) is 21.3. The molecule has 4 rings (SSSR count). The predicted octanol–water partition coefficient (Wildman–Crippen LogP) is 4.27. The van der Waals surface area contributed by atoms with Crippen LogP contribution >= 0.6 is 0 Å². The lowest BCUT2D eigenvalue weighted by atomic mass is 10.1. The number of hydrogen-bond acceptors (Lipinski definition) is 5. The number of ether oxygens (including phenoxy) is 1. The summed E-state index contributed by atoms with van der Waals surface area (Å²) in [6.45, 7) is 6.78. The predicted molar refractivity (Wildman–Crippen MR) is 110 cm³/mol. The molecule has 0 radical (unpaired) electrons. The van der Waals surface area contributed by atoms with Crippen LogP contribution in [0, 0.1) is 19.7 Å². The van der Waals surface area contributed by atoms with Crippen molar-refractivity contribution in [2.24, 2.45) is 0 Å². The van der Waals surface area contributed by atoms with Crippen LogP contribution in [-0.4, -0.2) is 40.6 Å². The fourth-order valence-electron chi connectivity index (χ4n) is 3.68. The van der Waals surface area contributed by atoms with Crippen molar-refractivity contribution in [1.29, 1.82) is 0 Å². The third-order valence-corrected chi connectivity index (χ3v) is 5.38. The van der Waals surface area contributed by atoms with Crippen LogP contribution < -0.4 is 0 Å². The third-order valence-electron chi connectivity index (χ3n) is 5.38. The van der Waals surface area contributed by atoms with E-state index in [1.165, 1.54) is 6.07 Å². The van der Waals surface area contributed by atoms with E-state index in [9.17, 15) is 9.18 Å². The molecule has 7 heteroatoms. The molecule has 0 N–H and O–H groups in total. The molecule has 3 aromatic rings. The Morgan fingerprint density at radius 2 is 2.10 bits per heavy atom. The number of rotatable bonds is 4. The second kappa shape index (κ2) is 8.36. The molecule has 1 atom stereocenters. The number of hydrogen-bond donors (Lipinski definition) is 0. The molecule has 156 valence electrons. The van der Waals surface area contributed by atoms with Crippen molar-refractivity contribution in [1.82, 2.24) is 15.0 Å². The highest BCUT2D eigenvalue weighted by Gasteiger charge is 2.28. The topological polar surface area (TPSA) is 68.5 Å². The number of carbonyl (C=O) groups excluding carboxylic acids is 1. The summed E-state index contributed by atoms with van der Waals surface area (Å²) in [5.74, 6) is 0.206. The Balaban J connectivity index is 1.57. The molecule has 6 nitrogen and oxygen atoms in total. The number of morpholine rings is 1. The highest BCUT2D eigenvalue weighted by molar-refractivity contribution is 5.94. The summed E-state index contributed by atoms with van der Waals surface area (Å²) in [5, 5.41) is 4.06. The minimum atomic E-state index is -0.379. The third kappa shape index (κ3) is 3.85. The Hall–Kier alpha value is -3.06. The zero-order valence-electron chi connectivity index (χ0n) is 17.3. The molecule has 1 saturated heterocycles.